The van der Waals surface area contributed by atoms with Crippen LogP contribution in [0.1, 0.15) is 42.5 Å². The van der Waals surface area contributed by atoms with E-state index in [2.05, 4.69) is 20.8 Å². The summed E-state index contributed by atoms with van der Waals surface area (Å²) in [6.07, 6.45) is 3.42. The van der Waals surface area contributed by atoms with Gasteiger partial charge in [-0.2, -0.15) is 5.10 Å². The van der Waals surface area contributed by atoms with Crippen LogP contribution in [-0.4, -0.2) is 53.3 Å². The summed E-state index contributed by atoms with van der Waals surface area (Å²) in [5.41, 5.74) is 3.55. The molecular weight excluding hydrogens is 370 g/mol. The predicted molar refractivity (Wildman–Crippen MR) is 111 cm³/mol. The first-order valence-corrected chi connectivity index (χ1v) is 10.0. The van der Waals surface area contributed by atoms with Crippen molar-refractivity contribution in [3.8, 4) is 5.75 Å². The van der Waals surface area contributed by atoms with Crippen LogP contribution in [0.25, 0.3) is 0 Å². The molecule has 1 saturated heterocycles. The van der Waals surface area contributed by atoms with E-state index in [1.54, 1.807) is 6.20 Å². The second kappa shape index (κ2) is 9.45. The van der Waals surface area contributed by atoms with E-state index in [-0.39, 0.29) is 24.5 Å². The maximum Gasteiger partial charge on any atom is 0.319 e. The molecule has 0 radical (unpaired) electrons. The number of amides is 3. The first-order valence-electron chi connectivity index (χ1n) is 10.0. The van der Waals surface area contributed by atoms with E-state index in [0.717, 1.165) is 35.4 Å². The lowest BCUT2D eigenvalue weighted by molar-refractivity contribution is -0.134. The highest BCUT2D eigenvalue weighted by atomic mass is 16.5. The fourth-order valence-electron chi connectivity index (χ4n) is 3.73. The molecule has 3 rings (SSSR count). The van der Waals surface area contributed by atoms with Crippen LogP contribution < -0.4 is 15.4 Å². The normalized spacial score (nSPS) is 16.4. The molecule has 8 heteroatoms. The average Bonchev–Trinajstić information content (AvgIpc) is 3.15. The molecule has 2 heterocycles. The number of hydrogen-bond donors (Lipinski definition) is 3. The first-order chi connectivity index (χ1) is 14.0. The first kappa shape index (κ1) is 20.7. The number of carbonyl (C=O) groups excluding carboxylic acids is 2. The number of aromatic amines is 1. The van der Waals surface area contributed by atoms with Crippen LogP contribution >= 0.6 is 0 Å². The van der Waals surface area contributed by atoms with Gasteiger partial charge in [0.15, 0.2) is 6.61 Å². The number of ether oxygens (including phenoxy) is 1. The van der Waals surface area contributed by atoms with E-state index in [1.807, 2.05) is 43.9 Å². The van der Waals surface area contributed by atoms with Crippen LogP contribution in [0, 0.1) is 13.8 Å². The molecular formula is C21H29N5O3. The monoisotopic (exact) mass is 399 g/mol. The molecule has 1 aliphatic rings. The van der Waals surface area contributed by atoms with E-state index in [9.17, 15) is 9.59 Å². The molecule has 0 spiro atoms. The Bertz CT molecular complexity index is 844. The minimum absolute atomic E-state index is 0.0192. The summed E-state index contributed by atoms with van der Waals surface area (Å²) in [5, 5.41) is 12.6. The third kappa shape index (κ3) is 5.07. The summed E-state index contributed by atoms with van der Waals surface area (Å²) in [4.78, 5) is 26.4. The predicted octanol–water partition coefficient (Wildman–Crippen LogP) is 2.95. The molecule has 0 bridgehead atoms. The van der Waals surface area contributed by atoms with Crippen molar-refractivity contribution in [3.63, 3.8) is 0 Å². The van der Waals surface area contributed by atoms with Crippen molar-refractivity contribution in [1.82, 2.24) is 20.4 Å². The third-order valence-corrected chi connectivity index (χ3v) is 5.19. The molecule has 0 aliphatic carbocycles. The third-order valence-electron chi connectivity index (χ3n) is 5.19. The maximum absolute atomic E-state index is 12.8. The number of aryl methyl sites for hydroxylation is 2. The highest BCUT2D eigenvalue weighted by molar-refractivity contribution is 5.89. The Morgan fingerprint density at radius 3 is 2.79 bits per heavy atom. The van der Waals surface area contributed by atoms with Gasteiger partial charge in [0.1, 0.15) is 5.75 Å². The molecule has 3 amide bonds. The molecule has 29 heavy (non-hydrogen) atoms. The number of anilines is 1. The Morgan fingerprint density at radius 2 is 2.07 bits per heavy atom. The molecule has 3 N–H and O–H groups in total. The zero-order valence-electron chi connectivity index (χ0n) is 17.2. The second-order valence-corrected chi connectivity index (χ2v) is 7.37. The van der Waals surface area contributed by atoms with E-state index in [0.29, 0.717) is 25.3 Å². The van der Waals surface area contributed by atoms with Gasteiger partial charge in [0.2, 0.25) is 0 Å². The van der Waals surface area contributed by atoms with Crippen LogP contribution in [-0.2, 0) is 4.79 Å². The Morgan fingerprint density at radius 1 is 1.31 bits per heavy atom. The van der Waals surface area contributed by atoms with Gasteiger partial charge < -0.3 is 20.3 Å². The number of likely N-dealkylation sites (tertiary alicyclic amines) is 1. The number of benzene rings is 1. The van der Waals surface area contributed by atoms with Gasteiger partial charge in [-0.25, -0.2) is 4.79 Å². The lowest BCUT2D eigenvalue weighted by atomic mass is 9.94. The Hall–Kier alpha value is -3.03. The summed E-state index contributed by atoms with van der Waals surface area (Å²) < 4.78 is 5.84. The minimum Gasteiger partial charge on any atom is -0.483 e. The zero-order valence-corrected chi connectivity index (χ0v) is 17.2. The van der Waals surface area contributed by atoms with Crippen LogP contribution in [0.15, 0.2) is 24.4 Å². The van der Waals surface area contributed by atoms with Crippen molar-refractivity contribution in [2.45, 2.75) is 39.5 Å². The average molecular weight is 399 g/mol. The number of nitrogens with zero attached hydrogens (tertiary/aromatic N) is 2. The molecule has 1 aromatic carbocycles. The number of nitrogens with one attached hydrogen (secondary N) is 3. The lowest BCUT2D eigenvalue weighted by Gasteiger charge is -2.32. The number of urea groups is 1. The van der Waals surface area contributed by atoms with Gasteiger partial charge in [-0.1, -0.05) is 18.2 Å². The molecule has 1 aliphatic heterocycles. The van der Waals surface area contributed by atoms with E-state index >= 15 is 0 Å². The molecule has 8 nitrogen and oxygen atoms in total. The minimum atomic E-state index is -0.263. The number of aromatic nitrogens is 2. The van der Waals surface area contributed by atoms with Gasteiger partial charge in [0.05, 0.1) is 17.6 Å². The topological polar surface area (TPSA) is 99.4 Å². The molecule has 0 unspecified atom stereocenters. The SMILES string of the molecule is CCNC(=O)Nc1cn[nH]c1[C@H]1CCCN(C(=O)COc2c(C)cccc2C)C1. The number of H-pyrrole nitrogens is 1. The summed E-state index contributed by atoms with van der Waals surface area (Å²) in [5.74, 6) is 0.832. The van der Waals surface area contributed by atoms with E-state index in [4.69, 9.17) is 4.74 Å². The Labute approximate surface area is 171 Å². The van der Waals surface area contributed by atoms with Crippen molar-refractivity contribution < 1.29 is 14.3 Å². The van der Waals surface area contributed by atoms with Gasteiger partial charge in [-0.15, -0.1) is 0 Å². The van der Waals surface area contributed by atoms with E-state index in [1.165, 1.54) is 0 Å². The quantitative estimate of drug-likeness (QED) is 0.695. The van der Waals surface area contributed by atoms with Crippen molar-refractivity contribution in [3.05, 3.63) is 41.2 Å². The Kier molecular flexibility index (Phi) is 6.74. The number of piperidine rings is 1. The molecule has 0 saturated carbocycles. The van der Waals surface area contributed by atoms with Gasteiger partial charge in [0.25, 0.3) is 5.91 Å². The maximum atomic E-state index is 12.8. The molecule has 156 valence electrons. The van der Waals surface area contributed by atoms with Crippen LogP contribution in [0.4, 0.5) is 10.5 Å². The van der Waals surface area contributed by atoms with E-state index < -0.39 is 0 Å². The standard InChI is InChI=1S/C21H29N5O3/c1-4-22-21(28)24-17-11-23-25-19(17)16-9-6-10-26(12-16)18(27)13-29-20-14(2)7-5-8-15(20)3/h5,7-8,11,16H,4,6,9-10,12-13H2,1-3H3,(H,23,25)(H2,22,24,28)/t16-/m0/s1. The number of carbonyl (C=O) groups is 2. The number of rotatable bonds is 6. The fraction of sp³-hybridized carbons (Fsp3) is 0.476. The van der Waals surface area contributed by atoms with Crippen molar-refractivity contribution in [2.24, 2.45) is 0 Å². The summed E-state index contributed by atoms with van der Waals surface area (Å²) in [6.45, 7) is 7.66. The lowest BCUT2D eigenvalue weighted by Crippen LogP contribution is -2.42. The second-order valence-electron chi connectivity index (χ2n) is 7.37. The summed E-state index contributed by atoms with van der Waals surface area (Å²) in [6, 6.07) is 5.67. The van der Waals surface area contributed by atoms with Crippen LogP contribution in [0.3, 0.4) is 0 Å². The summed E-state index contributed by atoms with van der Waals surface area (Å²) >= 11 is 0. The van der Waals surface area contributed by atoms with Crippen molar-refractivity contribution in [1.29, 1.82) is 0 Å². The fourth-order valence-corrected chi connectivity index (χ4v) is 3.73. The molecule has 2 aromatic rings. The van der Waals surface area contributed by atoms with Gasteiger partial charge >= 0.3 is 6.03 Å². The largest absolute Gasteiger partial charge is 0.483 e. The number of hydrogen-bond acceptors (Lipinski definition) is 4. The van der Waals surface area contributed by atoms with Gasteiger partial charge in [-0.3, -0.25) is 9.89 Å². The van der Waals surface area contributed by atoms with Crippen LogP contribution in [0.2, 0.25) is 0 Å². The van der Waals surface area contributed by atoms with Crippen molar-refractivity contribution >= 4 is 17.6 Å². The van der Waals surface area contributed by atoms with Crippen molar-refractivity contribution in [2.75, 3.05) is 31.6 Å². The van der Waals surface area contributed by atoms with Crippen LogP contribution in [0.5, 0.6) is 5.75 Å². The molecule has 1 aromatic heterocycles. The molecule has 1 fully saturated rings. The highest BCUT2D eigenvalue weighted by Crippen LogP contribution is 2.30. The smallest absolute Gasteiger partial charge is 0.319 e. The summed E-state index contributed by atoms with van der Waals surface area (Å²) in [7, 11) is 0. The van der Waals surface area contributed by atoms with Gasteiger partial charge in [-0.05, 0) is 44.7 Å². The van der Waals surface area contributed by atoms with Gasteiger partial charge in [0, 0.05) is 25.6 Å². The molecule has 1 atom stereocenters. The zero-order chi connectivity index (χ0) is 20.8. The number of para-hydroxylation sites is 1. The Balaban J connectivity index is 1.61. The highest BCUT2D eigenvalue weighted by Gasteiger charge is 2.28.